The fourth-order valence-corrected chi connectivity index (χ4v) is 0.340. The Balaban J connectivity index is -0.00000000705. The average molecular weight is 281 g/mol. The van der Waals surface area contributed by atoms with Crippen LogP contribution in [0.3, 0.4) is 0 Å². The first-order valence-electron chi connectivity index (χ1n) is 2.94. The van der Waals surface area contributed by atoms with Crippen molar-refractivity contribution in [3.05, 3.63) is 61.4 Å². The molecule has 0 radical (unpaired) electrons. The van der Waals surface area contributed by atoms with E-state index in [0.717, 1.165) is 27.8 Å². The van der Waals surface area contributed by atoms with Crippen LogP contribution in [0.1, 0.15) is 6.42 Å². The summed E-state index contributed by atoms with van der Waals surface area (Å²) >= 11 is 0. The van der Waals surface area contributed by atoms with Gasteiger partial charge in [-0.15, -0.1) is 6.42 Å². The van der Waals surface area contributed by atoms with Crippen LogP contribution in [-0.2, 0) is 21.7 Å². The Bertz CT molecular complexity index is 74.7. The smallest absolute Gasteiger partial charge is 0 e. The van der Waals surface area contributed by atoms with Crippen molar-refractivity contribution in [2.45, 2.75) is 6.42 Å². The third-order valence-electron chi connectivity index (χ3n) is 0.586. The standard InChI is InChI=1S/C5H5.3CH3O.5CH3.Ti/c1-2-4-5-3-1;3*1-2;;;;;;/h1-3H,4H2;3*1H3;5*1H3;/q9*-1;. The Hall–Kier alpha value is 0.0743. The number of hydrogen-bond donors (Lipinski definition) is 0. The van der Waals surface area contributed by atoms with E-state index in [9.17, 15) is 0 Å². The Morgan fingerprint density at radius 3 is 1.12 bits per heavy atom. The second-order valence-electron chi connectivity index (χ2n) is 1.00. The number of rotatable bonds is 0. The minimum absolute atomic E-state index is 0. The van der Waals surface area contributed by atoms with Gasteiger partial charge < -0.3 is 52.5 Å². The molecule has 0 N–H and O–H groups in total. The van der Waals surface area contributed by atoms with Crippen LogP contribution in [0.4, 0.5) is 0 Å². The molecular formula is C13H29O3Ti-9. The first-order chi connectivity index (χ1) is 5.50. The van der Waals surface area contributed by atoms with E-state index in [1.807, 2.05) is 12.2 Å². The minimum atomic E-state index is 0. The van der Waals surface area contributed by atoms with Gasteiger partial charge in [0.05, 0.1) is 0 Å². The summed E-state index contributed by atoms with van der Waals surface area (Å²) in [5.41, 5.74) is 0. The molecule has 17 heavy (non-hydrogen) atoms. The van der Waals surface area contributed by atoms with Gasteiger partial charge in [0.25, 0.3) is 0 Å². The predicted octanol–water partition coefficient (Wildman–Crippen LogP) is 0.484. The number of allylic oxidation sites excluding steroid dienone is 4. The molecule has 112 valence electrons. The SMILES string of the molecule is C[O-].C[O-].C[O-].[C-]1=CC=CC1.[CH3-].[CH3-].[CH3-].[CH3-].[CH3-].[Ti]. The molecule has 0 fully saturated rings. The van der Waals surface area contributed by atoms with E-state index < -0.39 is 0 Å². The molecular weight excluding hydrogens is 252 g/mol. The molecule has 1 aliphatic rings. The van der Waals surface area contributed by atoms with E-state index >= 15 is 0 Å². The Morgan fingerprint density at radius 2 is 1.06 bits per heavy atom. The van der Waals surface area contributed by atoms with Gasteiger partial charge in [-0.2, -0.15) is 27.4 Å². The van der Waals surface area contributed by atoms with Gasteiger partial charge in [0.2, 0.25) is 0 Å². The largest absolute Gasteiger partial charge is 0.857 e. The van der Waals surface area contributed by atoms with Crippen molar-refractivity contribution in [1.82, 2.24) is 0 Å². The second-order valence-corrected chi connectivity index (χ2v) is 1.00. The molecule has 1 rings (SSSR count). The van der Waals surface area contributed by atoms with E-state index in [1.165, 1.54) is 0 Å². The van der Waals surface area contributed by atoms with Gasteiger partial charge in [-0.25, -0.2) is 12.2 Å². The summed E-state index contributed by atoms with van der Waals surface area (Å²) in [5.74, 6) is 0. The second kappa shape index (κ2) is 142. The third-order valence-corrected chi connectivity index (χ3v) is 0.586. The summed E-state index contributed by atoms with van der Waals surface area (Å²) in [7, 11) is 2.25. The Morgan fingerprint density at radius 1 is 0.765 bits per heavy atom. The monoisotopic (exact) mass is 281 g/mol. The summed E-state index contributed by atoms with van der Waals surface area (Å²) in [6, 6.07) is 0. The fraction of sp³-hybridized carbons (Fsp3) is 0.308. The topological polar surface area (TPSA) is 69.2 Å². The molecule has 0 heterocycles. The van der Waals surface area contributed by atoms with Crippen LogP contribution >= 0.6 is 0 Å². The maximum absolute atomic E-state index is 8.25. The van der Waals surface area contributed by atoms with E-state index in [2.05, 4.69) is 12.2 Å². The first-order valence-corrected chi connectivity index (χ1v) is 2.94. The molecule has 3 nitrogen and oxygen atoms in total. The summed E-state index contributed by atoms with van der Waals surface area (Å²) in [6.45, 7) is 0. The average Bonchev–Trinajstić information content (AvgIpc) is 2.71. The van der Waals surface area contributed by atoms with E-state index in [1.54, 1.807) is 0 Å². The van der Waals surface area contributed by atoms with Gasteiger partial charge in [0.15, 0.2) is 0 Å². The Labute approximate surface area is 126 Å². The zero-order valence-electron chi connectivity index (χ0n) is 12.7. The van der Waals surface area contributed by atoms with Crippen LogP contribution in [0.25, 0.3) is 0 Å². The first kappa shape index (κ1) is 67.7. The van der Waals surface area contributed by atoms with Crippen molar-refractivity contribution in [1.29, 1.82) is 0 Å². The maximum Gasteiger partial charge on any atom is 0 e. The van der Waals surface area contributed by atoms with Gasteiger partial charge in [-0.05, 0) is 0 Å². The molecule has 0 aliphatic heterocycles. The zero-order valence-corrected chi connectivity index (χ0v) is 14.2. The summed E-state index contributed by atoms with van der Waals surface area (Å²) in [6.07, 6.45) is 10.0. The minimum Gasteiger partial charge on any atom is -0.857 e. The summed E-state index contributed by atoms with van der Waals surface area (Å²) in [4.78, 5) is 0. The van der Waals surface area contributed by atoms with E-state index in [0.29, 0.717) is 0 Å². The Kier molecular flexibility index (Phi) is 565. The van der Waals surface area contributed by atoms with Crippen molar-refractivity contribution in [3.63, 3.8) is 0 Å². The predicted molar refractivity (Wildman–Crippen MR) is 71.4 cm³/mol. The molecule has 0 spiro atoms. The van der Waals surface area contributed by atoms with Crippen LogP contribution in [-0.4, -0.2) is 21.3 Å². The molecule has 0 saturated carbocycles. The van der Waals surface area contributed by atoms with Gasteiger partial charge in [0, 0.05) is 21.7 Å². The van der Waals surface area contributed by atoms with E-state index in [4.69, 9.17) is 15.3 Å². The van der Waals surface area contributed by atoms with Gasteiger partial charge >= 0.3 is 0 Å². The molecule has 0 atom stereocenters. The van der Waals surface area contributed by atoms with Gasteiger partial charge in [-0.1, -0.05) is 0 Å². The molecule has 0 aromatic heterocycles. The quantitative estimate of drug-likeness (QED) is 0.479. The van der Waals surface area contributed by atoms with Gasteiger partial charge in [-0.3, -0.25) is 6.08 Å². The van der Waals surface area contributed by atoms with Crippen molar-refractivity contribution in [2.24, 2.45) is 0 Å². The molecule has 4 heteroatoms. The molecule has 0 amide bonds. The van der Waals surface area contributed by atoms with Crippen molar-refractivity contribution in [2.75, 3.05) is 21.3 Å². The maximum atomic E-state index is 8.25. The fourth-order valence-electron chi connectivity index (χ4n) is 0.340. The van der Waals surface area contributed by atoms with Crippen molar-refractivity contribution in [3.8, 4) is 0 Å². The van der Waals surface area contributed by atoms with Crippen LogP contribution in [0.15, 0.2) is 18.2 Å². The van der Waals surface area contributed by atoms with Crippen molar-refractivity contribution < 1.29 is 37.0 Å². The molecule has 0 unspecified atom stereocenters. The molecule has 0 aromatic carbocycles. The van der Waals surface area contributed by atoms with Crippen LogP contribution in [0.2, 0.25) is 0 Å². The summed E-state index contributed by atoms with van der Waals surface area (Å²) < 4.78 is 0. The molecule has 1 aliphatic carbocycles. The molecule has 0 aromatic rings. The number of hydrogen-bond acceptors (Lipinski definition) is 3. The molecule has 0 bridgehead atoms. The van der Waals surface area contributed by atoms with Gasteiger partial charge in [0.1, 0.15) is 0 Å². The van der Waals surface area contributed by atoms with Crippen molar-refractivity contribution >= 4 is 0 Å². The van der Waals surface area contributed by atoms with E-state index in [-0.39, 0.29) is 58.9 Å². The molecule has 0 saturated heterocycles. The van der Waals surface area contributed by atoms with Crippen LogP contribution in [0.5, 0.6) is 0 Å². The van der Waals surface area contributed by atoms with Crippen LogP contribution in [0, 0.1) is 43.2 Å². The zero-order chi connectivity index (χ0) is 9.54. The summed E-state index contributed by atoms with van der Waals surface area (Å²) in [5, 5.41) is 24.8. The normalized spacial score (nSPS) is 6.24. The third kappa shape index (κ3) is 124. The van der Waals surface area contributed by atoms with Crippen LogP contribution < -0.4 is 15.3 Å².